The number of fused-ring (bicyclic) bond motifs is 1. The first-order valence-corrected chi connectivity index (χ1v) is 9.05. The normalized spacial score (nSPS) is 22.6. The van der Waals surface area contributed by atoms with Gasteiger partial charge in [-0.1, -0.05) is 41.6 Å². The lowest BCUT2D eigenvalue weighted by atomic mass is 10.1. The topological polar surface area (TPSA) is 82.1 Å². The Balaban J connectivity index is 1.73. The number of aliphatic imine (C=N–C) groups is 1. The lowest BCUT2D eigenvalue weighted by molar-refractivity contribution is -0.127. The SMILES string of the molecule is CCN1C(SCC(=O)c2ccc(C)cc2)=NC2C1C(=O)NC(=O)N2C. The van der Waals surface area contributed by atoms with E-state index in [-0.39, 0.29) is 17.4 Å². The number of nitrogens with one attached hydrogen (secondary N) is 1. The number of imide groups is 1. The van der Waals surface area contributed by atoms with E-state index in [1.54, 1.807) is 7.05 Å². The van der Waals surface area contributed by atoms with Crippen LogP contribution in [-0.2, 0) is 4.79 Å². The fraction of sp³-hybridized carbons (Fsp3) is 0.412. The second kappa shape index (κ2) is 6.87. The number of amidine groups is 1. The molecule has 8 heteroatoms. The van der Waals surface area contributed by atoms with E-state index in [2.05, 4.69) is 10.3 Å². The van der Waals surface area contributed by atoms with Crippen molar-refractivity contribution in [2.24, 2.45) is 4.99 Å². The van der Waals surface area contributed by atoms with Gasteiger partial charge >= 0.3 is 6.03 Å². The zero-order valence-electron chi connectivity index (χ0n) is 14.4. The van der Waals surface area contributed by atoms with Gasteiger partial charge in [-0.15, -0.1) is 0 Å². The van der Waals surface area contributed by atoms with Crippen LogP contribution in [0.2, 0.25) is 0 Å². The van der Waals surface area contributed by atoms with E-state index < -0.39 is 18.2 Å². The molecule has 0 radical (unpaired) electrons. The Morgan fingerprint density at radius 3 is 2.60 bits per heavy atom. The number of thioether (sulfide) groups is 1. The smallest absolute Gasteiger partial charge is 0.325 e. The maximum atomic E-state index is 12.4. The summed E-state index contributed by atoms with van der Waals surface area (Å²) in [6, 6.07) is 6.45. The number of Topliss-reactive ketones (excluding diaryl/α,β-unsaturated/α-hetero) is 1. The van der Waals surface area contributed by atoms with E-state index in [1.165, 1.54) is 16.7 Å². The highest BCUT2D eigenvalue weighted by atomic mass is 32.2. The molecule has 2 atom stereocenters. The molecule has 1 aromatic carbocycles. The Morgan fingerprint density at radius 1 is 1.28 bits per heavy atom. The molecular weight excluding hydrogens is 340 g/mol. The van der Waals surface area contributed by atoms with Crippen LogP contribution in [0.25, 0.3) is 0 Å². The van der Waals surface area contributed by atoms with Crippen LogP contribution in [-0.4, -0.2) is 64.2 Å². The summed E-state index contributed by atoms with van der Waals surface area (Å²) in [5.74, 6) is -0.108. The van der Waals surface area contributed by atoms with E-state index in [1.807, 2.05) is 43.0 Å². The number of aryl methyl sites for hydroxylation is 1. The third-order valence-electron chi connectivity index (χ3n) is 4.37. The van der Waals surface area contributed by atoms with Gasteiger partial charge in [0, 0.05) is 19.2 Å². The Kier molecular flexibility index (Phi) is 4.80. The molecule has 1 aromatic rings. The summed E-state index contributed by atoms with van der Waals surface area (Å²) >= 11 is 1.30. The number of benzene rings is 1. The van der Waals surface area contributed by atoms with Gasteiger partial charge in [0.1, 0.15) is 0 Å². The number of amides is 3. The minimum absolute atomic E-state index is 0.00695. The Labute approximate surface area is 150 Å². The predicted molar refractivity (Wildman–Crippen MR) is 96.7 cm³/mol. The van der Waals surface area contributed by atoms with Gasteiger partial charge in [-0.05, 0) is 13.8 Å². The molecule has 0 aliphatic carbocycles. The molecule has 2 unspecified atom stereocenters. The molecule has 3 rings (SSSR count). The number of hydrogen-bond acceptors (Lipinski definition) is 6. The standard InChI is InChI=1S/C17H20N4O3S/c1-4-21-13-14(20(3)16(24)19-15(13)23)18-17(21)25-9-12(22)11-7-5-10(2)6-8-11/h5-8,13-14H,4,9H2,1-3H3,(H,19,23,24). The zero-order valence-corrected chi connectivity index (χ0v) is 15.2. The summed E-state index contributed by atoms with van der Waals surface area (Å²) < 4.78 is 0. The summed E-state index contributed by atoms with van der Waals surface area (Å²) in [7, 11) is 1.61. The number of rotatable bonds is 4. The molecule has 3 amide bonds. The fourth-order valence-electron chi connectivity index (χ4n) is 2.91. The molecule has 25 heavy (non-hydrogen) atoms. The van der Waals surface area contributed by atoms with E-state index >= 15 is 0 Å². The van der Waals surface area contributed by atoms with Gasteiger partial charge in [0.2, 0.25) is 0 Å². The van der Waals surface area contributed by atoms with Crippen LogP contribution in [0.5, 0.6) is 0 Å². The third-order valence-corrected chi connectivity index (χ3v) is 5.37. The summed E-state index contributed by atoms with van der Waals surface area (Å²) in [5.41, 5.74) is 1.76. The predicted octanol–water partition coefficient (Wildman–Crippen LogP) is 1.48. The van der Waals surface area contributed by atoms with Gasteiger partial charge < -0.3 is 9.80 Å². The average Bonchev–Trinajstić information content (AvgIpc) is 2.97. The summed E-state index contributed by atoms with van der Waals surface area (Å²) in [6.45, 7) is 4.46. The minimum atomic E-state index is -0.543. The van der Waals surface area contributed by atoms with Gasteiger partial charge in [-0.25, -0.2) is 9.79 Å². The lowest BCUT2D eigenvalue weighted by Gasteiger charge is -2.35. The second-order valence-electron chi connectivity index (χ2n) is 6.04. The van der Waals surface area contributed by atoms with Crippen molar-refractivity contribution in [3.63, 3.8) is 0 Å². The monoisotopic (exact) mass is 360 g/mol. The van der Waals surface area contributed by atoms with E-state index in [0.29, 0.717) is 17.3 Å². The molecule has 2 aliphatic heterocycles. The van der Waals surface area contributed by atoms with Crippen molar-refractivity contribution in [2.75, 3.05) is 19.3 Å². The van der Waals surface area contributed by atoms with Gasteiger partial charge in [-0.3, -0.25) is 14.9 Å². The summed E-state index contributed by atoms with van der Waals surface area (Å²) in [6.07, 6.45) is -0.543. The molecule has 1 saturated heterocycles. The molecule has 1 fully saturated rings. The van der Waals surface area contributed by atoms with Crippen molar-refractivity contribution in [1.82, 2.24) is 15.1 Å². The first-order chi connectivity index (χ1) is 11.9. The van der Waals surface area contributed by atoms with Crippen molar-refractivity contribution < 1.29 is 14.4 Å². The van der Waals surface area contributed by atoms with Gasteiger partial charge in [-0.2, -0.15) is 0 Å². The molecule has 7 nitrogen and oxygen atoms in total. The first-order valence-electron chi connectivity index (χ1n) is 8.07. The molecule has 2 aliphatic rings. The molecule has 0 aromatic heterocycles. The number of carbonyl (C=O) groups is 3. The molecule has 2 heterocycles. The van der Waals surface area contributed by atoms with E-state index in [9.17, 15) is 14.4 Å². The summed E-state index contributed by atoms with van der Waals surface area (Å²) in [4.78, 5) is 44.1. The summed E-state index contributed by atoms with van der Waals surface area (Å²) in [5, 5.41) is 2.96. The highest BCUT2D eigenvalue weighted by Crippen LogP contribution is 2.28. The van der Waals surface area contributed by atoms with E-state index in [4.69, 9.17) is 0 Å². The second-order valence-corrected chi connectivity index (χ2v) is 6.98. The van der Waals surface area contributed by atoms with Gasteiger partial charge in [0.15, 0.2) is 23.2 Å². The van der Waals surface area contributed by atoms with Crippen molar-refractivity contribution in [1.29, 1.82) is 0 Å². The largest absolute Gasteiger partial charge is 0.336 e. The highest BCUT2D eigenvalue weighted by Gasteiger charge is 2.48. The van der Waals surface area contributed by atoms with Crippen molar-refractivity contribution >= 4 is 34.7 Å². The highest BCUT2D eigenvalue weighted by molar-refractivity contribution is 8.14. The first kappa shape index (κ1) is 17.5. The van der Waals surface area contributed by atoms with Gasteiger partial charge in [0.05, 0.1) is 5.75 Å². The molecule has 132 valence electrons. The van der Waals surface area contributed by atoms with Crippen molar-refractivity contribution in [3.05, 3.63) is 35.4 Å². The van der Waals surface area contributed by atoms with Crippen LogP contribution in [0.15, 0.2) is 29.3 Å². The lowest BCUT2D eigenvalue weighted by Crippen LogP contribution is -2.63. The van der Waals surface area contributed by atoms with Crippen molar-refractivity contribution in [3.8, 4) is 0 Å². The molecule has 0 spiro atoms. The maximum Gasteiger partial charge on any atom is 0.325 e. The quantitative estimate of drug-likeness (QED) is 0.823. The number of carbonyl (C=O) groups excluding carboxylic acids is 3. The molecule has 0 bridgehead atoms. The molecule has 0 saturated carbocycles. The Morgan fingerprint density at radius 2 is 1.96 bits per heavy atom. The van der Waals surface area contributed by atoms with E-state index in [0.717, 1.165) is 5.56 Å². The van der Waals surface area contributed by atoms with Crippen LogP contribution >= 0.6 is 11.8 Å². The zero-order chi connectivity index (χ0) is 18.1. The number of urea groups is 1. The average molecular weight is 360 g/mol. The molecule has 1 N–H and O–H groups in total. The number of likely N-dealkylation sites (N-methyl/N-ethyl adjacent to an activating group) is 2. The third kappa shape index (κ3) is 3.26. The fourth-order valence-corrected chi connectivity index (χ4v) is 3.92. The van der Waals surface area contributed by atoms with Crippen LogP contribution in [0, 0.1) is 6.92 Å². The molecular formula is C17H20N4O3S. The van der Waals surface area contributed by atoms with Gasteiger partial charge in [0.25, 0.3) is 5.91 Å². The Hall–Kier alpha value is -2.35. The number of ketones is 1. The number of nitrogens with zero attached hydrogens (tertiary/aromatic N) is 3. The maximum absolute atomic E-state index is 12.4. The number of hydrogen-bond donors (Lipinski definition) is 1. The Bertz CT molecular complexity index is 747. The van der Waals surface area contributed by atoms with Crippen LogP contribution in [0.3, 0.4) is 0 Å². The van der Waals surface area contributed by atoms with Crippen LogP contribution in [0.4, 0.5) is 4.79 Å². The van der Waals surface area contributed by atoms with Crippen LogP contribution in [0.1, 0.15) is 22.8 Å². The van der Waals surface area contributed by atoms with Crippen molar-refractivity contribution in [2.45, 2.75) is 26.1 Å². The minimum Gasteiger partial charge on any atom is -0.336 e. The van der Waals surface area contributed by atoms with Crippen LogP contribution < -0.4 is 5.32 Å².